The summed E-state index contributed by atoms with van der Waals surface area (Å²) in [5.41, 5.74) is 0. The summed E-state index contributed by atoms with van der Waals surface area (Å²) in [6.45, 7) is 3.81. The highest BCUT2D eigenvalue weighted by molar-refractivity contribution is 8.05. The lowest BCUT2D eigenvalue weighted by atomic mass is 10.4. The van der Waals surface area contributed by atoms with Crippen LogP contribution in [-0.2, 0) is 11.2 Å². The summed E-state index contributed by atoms with van der Waals surface area (Å²) in [6, 6.07) is 0.196. The monoisotopic (exact) mass is 148 g/mol. The quantitative estimate of drug-likeness (QED) is 0.319. The van der Waals surface area contributed by atoms with Crippen LogP contribution in [0.5, 0.6) is 0 Å². The largest absolute Gasteiger partial charge is 0.609 e. The van der Waals surface area contributed by atoms with Crippen molar-refractivity contribution < 1.29 is 4.55 Å². The van der Waals surface area contributed by atoms with Gasteiger partial charge >= 0.3 is 5.17 Å². The first-order valence-electron chi connectivity index (χ1n) is 2.72. The molecule has 1 unspecified atom stereocenters. The average molecular weight is 148 g/mol. The van der Waals surface area contributed by atoms with Gasteiger partial charge in [0.25, 0.3) is 0 Å². The molecule has 0 saturated carbocycles. The standard InChI is InChI=1S/C5H12N2OS/c1-4(2)7-5(6)9(3)8/h4H,1-3H3,(H2,6,7). The van der Waals surface area contributed by atoms with Gasteiger partial charge in [-0.2, -0.15) is 0 Å². The second-order valence-electron chi connectivity index (χ2n) is 2.08. The van der Waals surface area contributed by atoms with E-state index in [-0.39, 0.29) is 11.2 Å². The molecule has 0 radical (unpaired) electrons. The van der Waals surface area contributed by atoms with Gasteiger partial charge in [0.15, 0.2) is 0 Å². The van der Waals surface area contributed by atoms with Crippen molar-refractivity contribution in [3.05, 3.63) is 0 Å². The van der Waals surface area contributed by atoms with Gasteiger partial charge in [-0.05, 0) is 13.8 Å². The third-order valence-corrected chi connectivity index (χ3v) is 1.40. The van der Waals surface area contributed by atoms with E-state index in [1.165, 1.54) is 6.26 Å². The minimum atomic E-state index is -1.16. The van der Waals surface area contributed by atoms with E-state index in [1.807, 2.05) is 13.8 Å². The molecule has 0 rings (SSSR count). The fourth-order valence-electron chi connectivity index (χ4n) is 0.345. The molecular weight excluding hydrogens is 136 g/mol. The fraction of sp³-hybridized carbons (Fsp3) is 0.800. The number of rotatable bonds is 1. The van der Waals surface area contributed by atoms with Crippen LogP contribution in [0.4, 0.5) is 0 Å². The molecule has 0 aromatic carbocycles. The number of hydrogen-bond donors (Lipinski definition) is 2. The van der Waals surface area contributed by atoms with E-state index < -0.39 is 11.2 Å². The lowest BCUT2D eigenvalue weighted by Gasteiger charge is -2.09. The molecule has 2 N–H and O–H groups in total. The molecule has 0 heterocycles. The molecule has 0 aliphatic carbocycles. The van der Waals surface area contributed by atoms with Gasteiger partial charge in [0.2, 0.25) is 0 Å². The predicted octanol–water partition coefficient (Wildman–Crippen LogP) is 0.298. The summed E-state index contributed by atoms with van der Waals surface area (Å²) < 4.78 is 10.5. The molecule has 0 aliphatic rings. The van der Waals surface area contributed by atoms with Gasteiger partial charge in [-0.3, -0.25) is 0 Å². The van der Waals surface area contributed by atoms with Crippen molar-refractivity contribution >= 4 is 16.3 Å². The lowest BCUT2D eigenvalue weighted by molar-refractivity contribution is 0.607. The first-order chi connectivity index (χ1) is 4.04. The van der Waals surface area contributed by atoms with Gasteiger partial charge in [-0.15, -0.1) is 0 Å². The Bertz CT molecular complexity index is 103. The third kappa shape index (κ3) is 4.29. The van der Waals surface area contributed by atoms with E-state index in [0.717, 1.165) is 0 Å². The van der Waals surface area contributed by atoms with Crippen LogP contribution < -0.4 is 5.32 Å². The lowest BCUT2D eigenvalue weighted by Crippen LogP contribution is -2.34. The summed E-state index contributed by atoms with van der Waals surface area (Å²) in [5.74, 6) is 0. The first-order valence-corrected chi connectivity index (χ1v) is 4.28. The molecule has 54 valence electrons. The molecule has 3 nitrogen and oxygen atoms in total. The first kappa shape index (κ1) is 8.78. The van der Waals surface area contributed by atoms with Crippen LogP contribution in [-0.4, -0.2) is 22.0 Å². The number of hydrogen-bond acceptors (Lipinski definition) is 2. The van der Waals surface area contributed by atoms with Gasteiger partial charge in [-0.25, -0.2) is 5.41 Å². The van der Waals surface area contributed by atoms with Gasteiger partial charge < -0.3 is 9.87 Å². The van der Waals surface area contributed by atoms with Crippen molar-refractivity contribution in [3.63, 3.8) is 0 Å². The van der Waals surface area contributed by atoms with Crippen molar-refractivity contribution in [3.8, 4) is 0 Å². The summed E-state index contributed by atoms with van der Waals surface area (Å²) in [6.07, 6.45) is 1.48. The Kier molecular flexibility index (Phi) is 3.65. The normalized spacial score (nSPS) is 13.4. The average Bonchev–Trinajstić information content (AvgIpc) is 1.63. The Morgan fingerprint density at radius 2 is 2.11 bits per heavy atom. The molecule has 0 fully saturated rings. The molecule has 0 aromatic heterocycles. The van der Waals surface area contributed by atoms with Crippen LogP contribution in [0.25, 0.3) is 0 Å². The van der Waals surface area contributed by atoms with E-state index in [1.54, 1.807) is 0 Å². The van der Waals surface area contributed by atoms with Crippen LogP contribution in [0.1, 0.15) is 13.8 Å². The summed E-state index contributed by atoms with van der Waals surface area (Å²) in [5, 5.41) is 9.89. The molecular formula is C5H12N2OS. The van der Waals surface area contributed by atoms with Gasteiger partial charge in [0, 0.05) is 17.2 Å². The maximum atomic E-state index is 10.5. The van der Waals surface area contributed by atoms with E-state index >= 15 is 0 Å². The minimum absolute atomic E-state index is 0.102. The Hall–Kier alpha value is -0.220. The highest BCUT2D eigenvalue weighted by atomic mass is 32.2. The number of nitrogens with one attached hydrogen (secondary N) is 2. The Morgan fingerprint density at radius 3 is 2.22 bits per heavy atom. The van der Waals surface area contributed by atoms with E-state index in [0.29, 0.717) is 0 Å². The van der Waals surface area contributed by atoms with Gasteiger partial charge in [-0.1, -0.05) is 0 Å². The summed E-state index contributed by atoms with van der Waals surface area (Å²) in [4.78, 5) is 0. The third-order valence-electron chi connectivity index (χ3n) is 0.707. The highest BCUT2D eigenvalue weighted by Crippen LogP contribution is 1.85. The molecule has 0 aromatic rings. The zero-order valence-electron chi connectivity index (χ0n) is 5.89. The highest BCUT2D eigenvalue weighted by Gasteiger charge is 2.07. The van der Waals surface area contributed by atoms with Gasteiger partial charge in [0.05, 0.1) is 0 Å². The smallest absolute Gasteiger partial charge is 0.308 e. The Labute approximate surface area is 58.5 Å². The van der Waals surface area contributed by atoms with E-state index in [2.05, 4.69) is 5.32 Å². The summed E-state index contributed by atoms with van der Waals surface area (Å²) in [7, 11) is 0. The Balaban J connectivity index is 3.51. The maximum Gasteiger partial charge on any atom is 0.308 e. The summed E-state index contributed by atoms with van der Waals surface area (Å²) >= 11 is -1.16. The van der Waals surface area contributed by atoms with Crippen LogP contribution in [0.15, 0.2) is 0 Å². The molecule has 0 amide bonds. The van der Waals surface area contributed by atoms with Crippen LogP contribution in [0, 0.1) is 5.41 Å². The molecule has 0 bridgehead atoms. The molecule has 1 atom stereocenters. The SMILES string of the molecule is CC(C)NC(=N)[S+](C)[O-]. The van der Waals surface area contributed by atoms with Crippen molar-refractivity contribution in [2.45, 2.75) is 19.9 Å². The molecule has 4 heteroatoms. The predicted molar refractivity (Wildman–Crippen MR) is 40.1 cm³/mol. The van der Waals surface area contributed by atoms with E-state index in [4.69, 9.17) is 5.41 Å². The van der Waals surface area contributed by atoms with Crippen LogP contribution >= 0.6 is 0 Å². The van der Waals surface area contributed by atoms with Crippen LogP contribution in [0.2, 0.25) is 0 Å². The molecule has 9 heavy (non-hydrogen) atoms. The minimum Gasteiger partial charge on any atom is -0.609 e. The van der Waals surface area contributed by atoms with Crippen LogP contribution in [0.3, 0.4) is 0 Å². The van der Waals surface area contributed by atoms with Gasteiger partial charge in [0.1, 0.15) is 6.26 Å². The van der Waals surface area contributed by atoms with Crippen molar-refractivity contribution in [2.24, 2.45) is 0 Å². The molecule has 0 saturated heterocycles. The van der Waals surface area contributed by atoms with Crippen molar-refractivity contribution in [2.75, 3.05) is 6.26 Å². The Morgan fingerprint density at radius 1 is 1.67 bits per heavy atom. The molecule has 0 spiro atoms. The van der Waals surface area contributed by atoms with Crippen molar-refractivity contribution in [1.82, 2.24) is 5.32 Å². The zero-order chi connectivity index (χ0) is 7.44. The topological polar surface area (TPSA) is 58.9 Å². The number of amidine groups is 1. The fourth-order valence-corrected chi connectivity index (χ4v) is 0.747. The van der Waals surface area contributed by atoms with E-state index in [9.17, 15) is 4.55 Å². The second kappa shape index (κ2) is 3.74. The zero-order valence-corrected chi connectivity index (χ0v) is 6.71. The van der Waals surface area contributed by atoms with Crippen molar-refractivity contribution in [1.29, 1.82) is 5.41 Å². The second-order valence-corrected chi connectivity index (χ2v) is 3.40. The maximum absolute atomic E-state index is 10.5. The molecule has 0 aliphatic heterocycles.